The van der Waals surface area contributed by atoms with Crippen LogP contribution in [0.4, 0.5) is 0 Å². The van der Waals surface area contributed by atoms with Gasteiger partial charge in [0.05, 0.1) is 0 Å². The van der Waals surface area contributed by atoms with Gasteiger partial charge in [0.15, 0.2) is 0 Å². The van der Waals surface area contributed by atoms with Gasteiger partial charge in [-0.2, -0.15) is 11.8 Å². The van der Waals surface area contributed by atoms with Crippen molar-refractivity contribution >= 4 is 29.3 Å². The fourth-order valence-electron chi connectivity index (χ4n) is 4.08. The van der Waals surface area contributed by atoms with Crippen LogP contribution in [0.5, 0.6) is 0 Å². The minimum atomic E-state index is -0.00632. The minimum Gasteiger partial charge on any atom is -0.351 e. The number of nitrogens with zero attached hydrogens (tertiary/aromatic N) is 2. The van der Waals surface area contributed by atoms with E-state index in [-0.39, 0.29) is 5.91 Å². The van der Waals surface area contributed by atoms with Crippen molar-refractivity contribution in [3.63, 3.8) is 0 Å². The SMILES string of the molecule is O=C(NCCSCc1ccc(Cl)cc1)c1ccc(CN2CCN(Cc3ccccc3)CC2)cc1. The Labute approximate surface area is 212 Å². The van der Waals surface area contributed by atoms with E-state index in [1.165, 1.54) is 16.7 Å². The molecule has 1 amide bonds. The van der Waals surface area contributed by atoms with Gasteiger partial charge in [0, 0.05) is 67.9 Å². The Hall–Kier alpha value is -2.31. The lowest BCUT2D eigenvalue weighted by Gasteiger charge is -2.34. The lowest BCUT2D eigenvalue weighted by Crippen LogP contribution is -2.45. The van der Waals surface area contributed by atoms with Crippen molar-refractivity contribution in [2.45, 2.75) is 18.8 Å². The smallest absolute Gasteiger partial charge is 0.251 e. The second-order valence-corrected chi connectivity index (χ2v) is 10.2. The molecule has 4 nitrogen and oxygen atoms in total. The highest BCUT2D eigenvalue weighted by molar-refractivity contribution is 7.98. The Bertz CT molecular complexity index is 1020. The number of rotatable bonds is 10. The number of thioether (sulfide) groups is 1. The van der Waals surface area contributed by atoms with Crippen LogP contribution in [-0.2, 0) is 18.8 Å². The summed E-state index contributed by atoms with van der Waals surface area (Å²) in [7, 11) is 0. The molecular formula is C28H32ClN3OS. The van der Waals surface area contributed by atoms with Crippen molar-refractivity contribution in [2.75, 3.05) is 38.5 Å². The van der Waals surface area contributed by atoms with Crippen molar-refractivity contribution in [1.29, 1.82) is 0 Å². The lowest BCUT2D eigenvalue weighted by atomic mass is 10.1. The molecule has 4 rings (SSSR count). The van der Waals surface area contributed by atoms with Gasteiger partial charge in [0.2, 0.25) is 0 Å². The maximum Gasteiger partial charge on any atom is 0.251 e. The van der Waals surface area contributed by atoms with Gasteiger partial charge in [-0.1, -0.05) is 66.2 Å². The second kappa shape index (κ2) is 13.0. The summed E-state index contributed by atoms with van der Waals surface area (Å²) < 4.78 is 0. The molecule has 0 spiro atoms. The van der Waals surface area contributed by atoms with Crippen LogP contribution in [0.1, 0.15) is 27.0 Å². The Morgan fingerprint density at radius 2 is 1.32 bits per heavy atom. The topological polar surface area (TPSA) is 35.6 Å². The number of benzene rings is 3. The van der Waals surface area contributed by atoms with E-state index >= 15 is 0 Å². The number of amides is 1. The van der Waals surface area contributed by atoms with Crippen molar-refractivity contribution < 1.29 is 4.79 Å². The van der Waals surface area contributed by atoms with E-state index in [9.17, 15) is 4.79 Å². The van der Waals surface area contributed by atoms with E-state index in [0.717, 1.165) is 61.4 Å². The number of carbonyl (C=O) groups excluding carboxylic acids is 1. The maximum absolute atomic E-state index is 12.5. The second-order valence-electron chi connectivity index (χ2n) is 8.67. The first-order valence-corrected chi connectivity index (χ1v) is 13.4. The molecule has 0 saturated carbocycles. The molecule has 0 aromatic heterocycles. The van der Waals surface area contributed by atoms with Crippen molar-refractivity contribution in [1.82, 2.24) is 15.1 Å². The number of carbonyl (C=O) groups is 1. The van der Waals surface area contributed by atoms with Crippen LogP contribution in [0.2, 0.25) is 5.02 Å². The summed E-state index contributed by atoms with van der Waals surface area (Å²) in [4.78, 5) is 17.5. The fraction of sp³-hybridized carbons (Fsp3) is 0.321. The molecule has 1 N–H and O–H groups in total. The van der Waals surface area contributed by atoms with Crippen molar-refractivity contribution in [3.05, 3.63) is 106 Å². The molecule has 1 aliphatic heterocycles. The van der Waals surface area contributed by atoms with Crippen LogP contribution in [0.15, 0.2) is 78.9 Å². The van der Waals surface area contributed by atoms with Crippen molar-refractivity contribution in [2.24, 2.45) is 0 Å². The average Bonchev–Trinajstić information content (AvgIpc) is 2.87. The summed E-state index contributed by atoms with van der Waals surface area (Å²) in [6.07, 6.45) is 0. The molecule has 6 heteroatoms. The normalized spacial score (nSPS) is 14.7. The van der Waals surface area contributed by atoms with Crippen LogP contribution in [0.3, 0.4) is 0 Å². The van der Waals surface area contributed by atoms with Crippen molar-refractivity contribution in [3.8, 4) is 0 Å². The van der Waals surface area contributed by atoms with E-state index in [1.807, 2.05) is 36.4 Å². The molecule has 3 aromatic carbocycles. The van der Waals surface area contributed by atoms with E-state index in [0.29, 0.717) is 6.54 Å². The zero-order valence-electron chi connectivity index (χ0n) is 19.5. The van der Waals surface area contributed by atoms with Gasteiger partial charge >= 0.3 is 0 Å². The average molecular weight is 494 g/mol. The van der Waals surface area contributed by atoms with Crippen LogP contribution in [0.25, 0.3) is 0 Å². The molecule has 0 unspecified atom stereocenters. The summed E-state index contributed by atoms with van der Waals surface area (Å²) in [6.45, 7) is 6.94. The number of nitrogens with one attached hydrogen (secondary N) is 1. The van der Waals surface area contributed by atoms with Gasteiger partial charge in [-0.05, 0) is 41.0 Å². The lowest BCUT2D eigenvalue weighted by molar-refractivity contribution is 0.0956. The monoisotopic (exact) mass is 493 g/mol. The molecule has 3 aromatic rings. The highest BCUT2D eigenvalue weighted by atomic mass is 35.5. The quantitative estimate of drug-likeness (QED) is 0.388. The van der Waals surface area contributed by atoms with E-state index in [2.05, 4.69) is 57.6 Å². The summed E-state index contributed by atoms with van der Waals surface area (Å²) in [6, 6.07) is 26.6. The summed E-state index contributed by atoms with van der Waals surface area (Å²) in [5, 5.41) is 3.78. The molecule has 1 fully saturated rings. The highest BCUT2D eigenvalue weighted by Crippen LogP contribution is 2.15. The summed E-state index contributed by atoms with van der Waals surface area (Å²) in [5.74, 6) is 1.79. The Balaban J connectivity index is 1.13. The van der Waals surface area contributed by atoms with Crippen LogP contribution in [0, 0.1) is 0 Å². The van der Waals surface area contributed by atoms with Gasteiger partial charge in [-0.3, -0.25) is 14.6 Å². The van der Waals surface area contributed by atoms with Gasteiger partial charge in [-0.15, -0.1) is 0 Å². The first-order chi connectivity index (χ1) is 16.7. The first-order valence-electron chi connectivity index (χ1n) is 11.8. The molecule has 0 aliphatic carbocycles. The highest BCUT2D eigenvalue weighted by Gasteiger charge is 2.17. The molecule has 1 saturated heterocycles. The standard InChI is InChI=1S/C28H32ClN3OS/c29-27-12-8-25(9-13-27)22-34-19-14-30-28(33)26-10-6-24(7-11-26)21-32-17-15-31(16-18-32)20-23-4-2-1-3-5-23/h1-13H,14-22H2,(H,30,33). The third-order valence-electron chi connectivity index (χ3n) is 6.05. The number of piperazine rings is 1. The predicted octanol–water partition coefficient (Wildman–Crippen LogP) is 5.32. The largest absolute Gasteiger partial charge is 0.351 e. The van der Waals surface area contributed by atoms with Gasteiger partial charge in [0.25, 0.3) is 5.91 Å². The van der Waals surface area contributed by atoms with Gasteiger partial charge in [-0.25, -0.2) is 0 Å². The first kappa shape index (κ1) is 24.8. The van der Waals surface area contributed by atoms with Gasteiger partial charge in [0.1, 0.15) is 0 Å². The maximum atomic E-state index is 12.5. The number of halogens is 1. The minimum absolute atomic E-state index is 0.00632. The van der Waals surface area contributed by atoms with Crippen LogP contribution in [-0.4, -0.2) is 54.2 Å². The van der Waals surface area contributed by atoms with E-state index in [4.69, 9.17) is 11.6 Å². The molecule has 1 heterocycles. The van der Waals surface area contributed by atoms with Crippen LogP contribution < -0.4 is 5.32 Å². The fourth-order valence-corrected chi connectivity index (χ4v) is 5.02. The Kier molecular flexibility index (Phi) is 9.45. The summed E-state index contributed by atoms with van der Waals surface area (Å²) in [5.41, 5.74) is 4.60. The molecule has 0 radical (unpaired) electrons. The zero-order valence-corrected chi connectivity index (χ0v) is 21.0. The van der Waals surface area contributed by atoms with Crippen LogP contribution >= 0.6 is 23.4 Å². The third-order valence-corrected chi connectivity index (χ3v) is 7.33. The number of hydrogen-bond donors (Lipinski definition) is 1. The molecule has 178 valence electrons. The Morgan fingerprint density at radius 3 is 1.94 bits per heavy atom. The van der Waals surface area contributed by atoms with Gasteiger partial charge < -0.3 is 5.32 Å². The zero-order chi connectivity index (χ0) is 23.6. The molecular weight excluding hydrogens is 462 g/mol. The molecule has 0 bridgehead atoms. The summed E-state index contributed by atoms with van der Waals surface area (Å²) >= 11 is 7.72. The molecule has 34 heavy (non-hydrogen) atoms. The molecule has 1 aliphatic rings. The Morgan fingerprint density at radius 1 is 0.765 bits per heavy atom. The number of hydrogen-bond acceptors (Lipinski definition) is 4. The third kappa shape index (κ3) is 7.88. The predicted molar refractivity (Wildman–Crippen MR) is 143 cm³/mol. The molecule has 0 atom stereocenters. The van der Waals surface area contributed by atoms with E-state index < -0.39 is 0 Å². The van der Waals surface area contributed by atoms with E-state index in [1.54, 1.807) is 11.8 Å².